The summed E-state index contributed by atoms with van der Waals surface area (Å²) in [5, 5.41) is 18.5. The molecule has 0 atom stereocenters. The lowest BCUT2D eigenvalue weighted by Crippen LogP contribution is -2.12. The molecule has 0 spiro atoms. The lowest BCUT2D eigenvalue weighted by molar-refractivity contribution is 0.0683. The van der Waals surface area contributed by atoms with Gasteiger partial charge >= 0.3 is 5.97 Å². The molecular weight excluding hydrogens is 485 g/mol. The Morgan fingerprint density at radius 1 is 1.18 bits per heavy atom. The standard InChI is InChI=1S/C30H32FN3O4/c1-18-26-24(33-32-18)17-37-15-3-2-14-34-28-22(12-13-23(31)27(26)28)21(29(34)30(35)36)10-6-16-38-25-11-5-8-19-7-4-9-20(19)25/h5,8,11-13H,2-4,6-7,9-10,14-17H2,1H3,(H,32,33)(H,35,36). The molecule has 38 heavy (non-hydrogen) atoms. The lowest BCUT2D eigenvalue weighted by Gasteiger charge is -2.12. The summed E-state index contributed by atoms with van der Waals surface area (Å²) in [5.74, 6) is -0.462. The second kappa shape index (κ2) is 10.3. The molecule has 198 valence electrons. The summed E-state index contributed by atoms with van der Waals surface area (Å²) in [4.78, 5) is 12.7. The van der Waals surface area contributed by atoms with Gasteiger partial charge in [0.25, 0.3) is 0 Å². The van der Waals surface area contributed by atoms with Gasteiger partial charge in [0.15, 0.2) is 0 Å². The average Bonchev–Trinajstić information content (AvgIpc) is 3.60. The molecule has 0 unspecified atom stereocenters. The summed E-state index contributed by atoms with van der Waals surface area (Å²) < 4.78 is 29.4. The normalized spacial score (nSPS) is 15.2. The van der Waals surface area contributed by atoms with Crippen molar-refractivity contribution >= 4 is 16.9 Å². The second-order valence-corrected chi connectivity index (χ2v) is 10.2. The van der Waals surface area contributed by atoms with Crippen molar-refractivity contribution in [3.05, 3.63) is 69.9 Å². The van der Waals surface area contributed by atoms with E-state index in [0.717, 1.165) is 54.5 Å². The van der Waals surface area contributed by atoms with E-state index in [-0.39, 0.29) is 12.3 Å². The van der Waals surface area contributed by atoms with E-state index < -0.39 is 11.8 Å². The van der Waals surface area contributed by atoms with Crippen molar-refractivity contribution in [3.8, 4) is 16.9 Å². The van der Waals surface area contributed by atoms with Crippen molar-refractivity contribution in [3.63, 3.8) is 0 Å². The molecule has 3 heterocycles. The number of aromatic nitrogens is 3. The maximum Gasteiger partial charge on any atom is 0.352 e. The Bertz CT molecular complexity index is 1520. The zero-order chi connectivity index (χ0) is 26.2. The minimum atomic E-state index is -1.00. The number of rotatable bonds is 6. The van der Waals surface area contributed by atoms with Crippen LogP contribution in [0, 0.1) is 12.7 Å². The molecule has 2 aromatic heterocycles. The van der Waals surface area contributed by atoms with Gasteiger partial charge in [-0.25, -0.2) is 9.18 Å². The number of carbonyl (C=O) groups is 1. The molecule has 6 rings (SSSR count). The van der Waals surface area contributed by atoms with Gasteiger partial charge in [0.1, 0.15) is 17.3 Å². The van der Waals surface area contributed by atoms with Gasteiger partial charge in [-0.3, -0.25) is 5.10 Å². The molecule has 4 aromatic rings. The van der Waals surface area contributed by atoms with Crippen molar-refractivity contribution in [2.75, 3.05) is 13.2 Å². The topological polar surface area (TPSA) is 89.4 Å². The Hall–Kier alpha value is -3.65. The molecule has 0 amide bonds. The fourth-order valence-electron chi connectivity index (χ4n) is 6.16. The fourth-order valence-corrected chi connectivity index (χ4v) is 6.16. The highest BCUT2D eigenvalue weighted by molar-refractivity contribution is 6.04. The number of hydrogen-bond donors (Lipinski definition) is 2. The first-order chi connectivity index (χ1) is 18.5. The van der Waals surface area contributed by atoms with Crippen LogP contribution in [-0.2, 0) is 37.2 Å². The SMILES string of the molecule is Cc1[nH]nc2c1-c1c(F)ccc3c(CCCOc4cccc5c4CCC5)c(C(=O)O)n(c13)CCCCOC2. The Balaban J connectivity index is 1.40. The zero-order valence-electron chi connectivity index (χ0n) is 21.6. The number of benzene rings is 2. The summed E-state index contributed by atoms with van der Waals surface area (Å²) in [7, 11) is 0. The number of halogens is 1. The van der Waals surface area contributed by atoms with Crippen LogP contribution in [-0.4, -0.2) is 39.1 Å². The molecule has 1 aliphatic carbocycles. The third kappa shape index (κ3) is 4.26. The van der Waals surface area contributed by atoms with E-state index in [1.165, 1.54) is 17.2 Å². The molecule has 2 aromatic carbocycles. The van der Waals surface area contributed by atoms with Crippen molar-refractivity contribution in [1.29, 1.82) is 0 Å². The summed E-state index contributed by atoms with van der Waals surface area (Å²) in [6, 6.07) is 9.39. The van der Waals surface area contributed by atoms with Crippen LogP contribution in [0.3, 0.4) is 0 Å². The van der Waals surface area contributed by atoms with Gasteiger partial charge in [-0.2, -0.15) is 5.10 Å². The maximum atomic E-state index is 15.6. The largest absolute Gasteiger partial charge is 0.493 e. The van der Waals surface area contributed by atoms with Crippen molar-refractivity contribution < 1.29 is 23.8 Å². The second-order valence-electron chi connectivity index (χ2n) is 10.2. The van der Waals surface area contributed by atoms with Crippen LogP contribution in [0.4, 0.5) is 4.39 Å². The number of H-pyrrole nitrogens is 1. The minimum Gasteiger partial charge on any atom is -0.493 e. The molecule has 1 aliphatic heterocycles. The van der Waals surface area contributed by atoms with Gasteiger partial charge in [-0.05, 0) is 86.8 Å². The number of fused-ring (bicyclic) bond motifs is 3. The van der Waals surface area contributed by atoms with E-state index in [2.05, 4.69) is 16.3 Å². The third-order valence-corrected chi connectivity index (χ3v) is 7.84. The van der Waals surface area contributed by atoms with Gasteiger partial charge in [0.05, 0.1) is 24.4 Å². The average molecular weight is 518 g/mol. The van der Waals surface area contributed by atoms with Crippen LogP contribution in [0.15, 0.2) is 30.3 Å². The van der Waals surface area contributed by atoms with Crippen molar-refractivity contribution in [2.24, 2.45) is 0 Å². The number of carboxylic acid groups (broad SMARTS) is 1. The molecule has 0 fully saturated rings. The molecule has 2 aliphatic rings. The van der Waals surface area contributed by atoms with E-state index in [9.17, 15) is 9.90 Å². The number of aromatic carboxylic acids is 1. The van der Waals surface area contributed by atoms with E-state index in [4.69, 9.17) is 9.47 Å². The highest BCUT2D eigenvalue weighted by Crippen LogP contribution is 2.40. The summed E-state index contributed by atoms with van der Waals surface area (Å²) in [6.45, 7) is 3.61. The van der Waals surface area contributed by atoms with Gasteiger partial charge < -0.3 is 19.1 Å². The zero-order valence-corrected chi connectivity index (χ0v) is 21.6. The summed E-state index contributed by atoms with van der Waals surface area (Å²) in [6.07, 6.45) is 5.95. The first-order valence-electron chi connectivity index (χ1n) is 13.5. The molecule has 0 saturated carbocycles. The predicted molar refractivity (Wildman–Crippen MR) is 142 cm³/mol. The van der Waals surface area contributed by atoms with E-state index in [1.807, 2.05) is 19.1 Å². The first kappa shape index (κ1) is 24.7. The number of nitrogens with one attached hydrogen (secondary N) is 1. The first-order valence-corrected chi connectivity index (χ1v) is 13.5. The fraction of sp³-hybridized carbons (Fsp3) is 0.400. The molecular formula is C30H32FN3O4. The van der Waals surface area contributed by atoms with Gasteiger partial charge in [-0.15, -0.1) is 0 Å². The number of aromatic amines is 1. The van der Waals surface area contributed by atoms with Crippen molar-refractivity contribution in [1.82, 2.24) is 14.8 Å². The van der Waals surface area contributed by atoms with Crippen LogP contribution in [0.1, 0.15) is 64.2 Å². The number of hydrogen-bond acceptors (Lipinski definition) is 4. The molecule has 0 saturated heterocycles. The molecule has 0 radical (unpaired) electrons. The minimum absolute atomic E-state index is 0.232. The predicted octanol–water partition coefficient (Wildman–Crippen LogP) is 5.99. The van der Waals surface area contributed by atoms with E-state index in [1.54, 1.807) is 10.6 Å². The summed E-state index contributed by atoms with van der Waals surface area (Å²) >= 11 is 0. The van der Waals surface area contributed by atoms with Crippen LogP contribution in [0.25, 0.3) is 22.0 Å². The van der Waals surface area contributed by atoms with Crippen LogP contribution in [0.5, 0.6) is 5.75 Å². The third-order valence-electron chi connectivity index (χ3n) is 7.84. The number of nitrogens with zero attached hydrogens (tertiary/aromatic N) is 2. The smallest absolute Gasteiger partial charge is 0.352 e. The van der Waals surface area contributed by atoms with Crippen LogP contribution >= 0.6 is 0 Å². The van der Waals surface area contributed by atoms with E-state index >= 15 is 4.39 Å². The van der Waals surface area contributed by atoms with Crippen LogP contribution < -0.4 is 4.74 Å². The molecule has 0 bridgehead atoms. The van der Waals surface area contributed by atoms with Gasteiger partial charge in [0.2, 0.25) is 0 Å². The molecule has 7 nitrogen and oxygen atoms in total. The highest BCUT2D eigenvalue weighted by atomic mass is 19.1. The Labute approximate surface area is 220 Å². The number of carboxylic acids is 1. The Kier molecular flexibility index (Phi) is 6.66. The lowest BCUT2D eigenvalue weighted by atomic mass is 9.97. The van der Waals surface area contributed by atoms with Gasteiger partial charge in [0, 0.05) is 35.4 Å². The Morgan fingerprint density at radius 2 is 2.08 bits per heavy atom. The van der Waals surface area contributed by atoms with Crippen LogP contribution in [0.2, 0.25) is 0 Å². The number of ether oxygens (including phenoxy) is 2. The maximum absolute atomic E-state index is 15.6. The Morgan fingerprint density at radius 3 is 2.95 bits per heavy atom. The highest BCUT2D eigenvalue weighted by Gasteiger charge is 2.28. The monoisotopic (exact) mass is 517 g/mol. The molecule has 8 heteroatoms. The number of aryl methyl sites for hydroxylation is 4. The van der Waals surface area contributed by atoms with Gasteiger partial charge in [-0.1, -0.05) is 12.1 Å². The van der Waals surface area contributed by atoms with Crippen molar-refractivity contribution in [2.45, 2.75) is 65.0 Å². The summed E-state index contributed by atoms with van der Waals surface area (Å²) in [5.41, 5.74) is 6.63. The molecule has 2 N–H and O–H groups in total. The quantitative estimate of drug-likeness (QED) is 0.307. The van der Waals surface area contributed by atoms with E-state index in [0.29, 0.717) is 54.9 Å².